The van der Waals surface area contributed by atoms with Crippen LogP contribution in [0.4, 0.5) is 0 Å². The minimum atomic E-state index is 0.185. The molecule has 0 amide bonds. The van der Waals surface area contributed by atoms with Gasteiger partial charge in [0.15, 0.2) is 0 Å². The topological polar surface area (TPSA) is 0 Å². The second-order valence-corrected chi connectivity index (χ2v) is 7.67. The van der Waals surface area contributed by atoms with Gasteiger partial charge in [-0.25, -0.2) is 0 Å². The van der Waals surface area contributed by atoms with E-state index in [1.165, 1.54) is 59.9 Å². The molecule has 0 bridgehead atoms. The van der Waals surface area contributed by atoms with Gasteiger partial charge in [-0.1, -0.05) is 75.4 Å². The lowest BCUT2D eigenvalue weighted by Gasteiger charge is -2.28. The van der Waals surface area contributed by atoms with Gasteiger partial charge >= 0.3 is 0 Å². The van der Waals surface area contributed by atoms with E-state index in [0.717, 1.165) is 0 Å². The van der Waals surface area contributed by atoms with Crippen LogP contribution in [0.15, 0.2) is 30.3 Å². The van der Waals surface area contributed by atoms with Crippen molar-refractivity contribution < 1.29 is 0 Å². The van der Waals surface area contributed by atoms with Crippen molar-refractivity contribution in [1.82, 2.24) is 0 Å². The van der Waals surface area contributed by atoms with Crippen LogP contribution in [-0.4, -0.2) is 0 Å². The first-order chi connectivity index (χ1) is 11.0. The third kappa shape index (κ3) is 2.73. The maximum atomic E-state index is 2.47. The summed E-state index contributed by atoms with van der Waals surface area (Å²) in [6.07, 6.45) is 6.61. The number of rotatable bonds is 5. The second kappa shape index (κ2) is 6.15. The minimum Gasteiger partial charge on any atom is -0.0654 e. The molecule has 1 unspecified atom stereocenters. The van der Waals surface area contributed by atoms with Gasteiger partial charge in [-0.15, -0.1) is 0 Å². The Labute approximate surface area is 141 Å². The lowest BCUT2D eigenvalue weighted by molar-refractivity contribution is 0.487. The molecule has 0 nitrogen and oxygen atoms in total. The van der Waals surface area contributed by atoms with Crippen molar-refractivity contribution in [2.24, 2.45) is 0 Å². The van der Waals surface area contributed by atoms with Crippen molar-refractivity contribution in [3.8, 4) is 11.1 Å². The molecule has 2 aromatic rings. The molecule has 0 radical (unpaired) electrons. The molecule has 1 aliphatic rings. The molecule has 3 rings (SSSR count). The molecule has 0 heterocycles. The number of hydrogen-bond donors (Lipinski definition) is 0. The summed E-state index contributed by atoms with van der Waals surface area (Å²) in [5, 5.41) is 0. The zero-order valence-corrected chi connectivity index (χ0v) is 15.4. The first-order valence-corrected chi connectivity index (χ1v) is 9.20. The number of unbranched alkanes of at least 4 members (excludes halogenated alkanes) is 3. The summed E-state index contributed by atoms with van der Waals surface area (Å²) in [6, 6.07) is 11.9. The monoisotopic (exact) mass is 306 g/mol. The summed E-state index contributed by atoms with van der Waals surface area (Å²) in [5.41, 5.74) is 10.4. The minimum absolute atomic E-state index is 0.185. The first-order valence-electron chi connectivity index (χ1n) is 9.20. The zero-order chi connectivity index (χ0) is 16.6. The molecule has 0 aromatic heterocycles. The van der Waals surface area contributed by atoms with Gasteiger partial charge in [0, 0.05) is 5.41 Å². The molecule has 0 aliphatic heterocycles. The Bertz CT molecular complexity index is 723. The van der Waals surface area contributed by atoms with Crippen molar-refractivity contribution >= 4 is 0 Å². The largest absolute Gasteiger partial charge is 0.0654 e. The number of aryl methyl sites for hydroxylation is 3. The third-order valence-corrected chi connectivity index (χ3v) is 5.82. The Morgan fingerprint density at radius 1 is 0.783 bits per heavy atom. The molecule has 0 saturated heterocycles. The van der Waals surface area contributed by atoms with Crippen molar-refractivity contribution in [2.45, 2.75) is 72.1 Å². The van der Waals surface area contributed by atoms with E-state index in [-0.39, 0.29) is 5.41 Å². The highest BCUT2D eigenvalue weighted by atomic mass is 14.4. The van der Waals surface area contributed by atoms with Gasteiger partial charge in [-0.2, -0.15) is 0 Å². The van der Waals surface area contributed by atoms with Crippen LogP contribution in [0.5, 0.6) is 0 Å². The van der Waals surface area contributed by atoms with Crippen LogP contribution >= 0.6 is 0 Å². The average molecular weight is 306 g/mol. The Morgan fingerprint density at radius 2 is 1.48 bits per heavy atom. The molecule has 0 saturated carbocycles. The van der Waals surface area contributed by atoms with E-state index < -0.39 is 0 Å². The Kier molecular flexibility index (Phi) is 4.36. The SMILES string of the molecule is CCCCCCC1(C)c2ccc(C)cc2-c2cc(C)c(C)cc21. The van der Waals surface area contributed by atoms with Crippen molar-refractivity contribution in [3.05, 3.63) is 58.1 Å². The lowest BCUT2D eigenvalue weighted by Crippen LogP contribution is -2.20. The fourth-order valence-corrected chi connectivity index (χ4v) is 4.18. The van der Waals surface area contributed by atoms with Gasteiger partial charge in [0.2, 0.25) is 0 Å². The summed E-state index contributed by atoms with van der Waals surface area (Å²) in [7, 11) is 0. The standard InChI is InChI=1S/C23H30/c1-6-7-8-9-12-23(5)21-11-10-16(2)13-19(21)20-14-17(3)18(4)15-22(20)23/h10-11,13-15H,6-9,12H2,1-5H3. The van der Waals surface area contributed by atoms with Crippen LogP contribution < -0.4 is 0 Å². The van der Waals surface area contributed by atoms with Gasteiger partial charge in [0.25, 0.3) is 0 Å². The highest BCUT2D eigenvalue weighted by molar-refractivity contribution is 5.82. The van der Waals surface area contributed by atoms with Crippen molar-refractivity contribution in [1.29, 1.82) is 0 Å². The maximum Gasteiger partial charge on any atom is 0.0187 e. The van der Waals surface area contributed by atoms with Crippen molar-refractivity contribution in [2.75, 3.05) is 0 Å². The van der Waals surface area contributed by atoms with E-state index in [9.17, 15) is 0 Å². The number of fused-ring (bicyclic) bond motifs is 3. The molecule has 0 heteroatoms. The van der Waals surface area contributed by atoms with Gasteiger partial charge in [0.05, 0.1) is 0 Å². The summed E-state index contributed by atoms with van der Waals surface area (Å²) in [6.45, 7) is 11.5. The summed E-state index contributed by atoms with van der Waals surface area (Å²) < 4.78 is 0. The molecule has 1 atom stereocenters. The van der Waals surface area contributed by atoms with E-state index >= 15 is 0 Å². The fraction of sp³-hybridized carbons (Fsp3) is 0.478. The van der Waals surface area contributed by atoms with Crippen LogP contribution in [0.1, 0.15) is 73.8 Å². The van der Waals surface area contributed by atoms with Gasteiger partial charge < -0.3 is 0 Å². The summed E-state index contributed by atoms with van der Waals surface area (Å²) in [5.74, 6) is 0. The molecule has 1 aliphatic carbocycles. The number of benzene rings is 2. The molecule has 0 fully saturated rings. The average Bonchev–Trinajstić information content (AvgIpc) is 2.74. The zero-order valence-electron chi connectivity index (χ0n) is 15.4. The van der Waals surface area contributed by atoms with Crippen LogP contribution in [0.2, 0.25) is 0 Å². The molecular weight excluding hydrogens is 276 g/mol. The normalized spacial score (nSPS) is 18.8. The quantitative estimate of drug-likeness (QED) is 0.529. The van der Waals surface area contributed by atoms with E-state index in [2.05, 4.69) is 65.0 Å². The Morgan fingerprint density at radius 3 is 2.22 bits per heavy atom. The van der Waals surface area contributed by atoms with Gasteiger partial charge in [-0.3, -0.25) is 0 Å². The molecule has 0 N–H and O–H groups in total. The van der Waals surface area contributed by atoms with Crippen LogP contribution in [-0.2, 0) is 5.41 Å². The highest BCUT2D eigenvalue weighted by Gasteiger charge is 2.38. The first kappa shape index (κ1) is 16.3. The predicted octanol–water partition coefficient (Wildman–Crippen LogP) is 6.87. The number of hydrogen-bond acceptors (Lipinski definition) is 0. The predicted molar refractivity (Wildman–Crippen MR) is 101 cm³/mol. The van der Waals surface area contributed by atoms with Crippen LogP contribution in [0, 0.1) is 20.8 Å². The highest BCUT2D eigenvalue weighted by Crippen LogP contribution is 2.52. The molecule has 23 heavy (non-hydrogen) atoms. The van der Waals surface area contributed by atoms with Gasteiger partial charge in [0.1, 0.15) is 0 Å². The van der Waals surface area contributed by atoms with E-state index in [0.29, 0.717) is 0 Å². The Balaban J connectivity index is 2.09. The molecule has 0 spiro atoms. The maximum absolute atomic E-state index is 2.47. The van der Waals surface area contributed by atoms with E-state index in [1.807, 2.05) is 0 Å². The smallest absolute Gasteiger partial charge is 0.0187 e. The van der Waals surface area contributed by atoms with E-state index in [1.54, 1.807) is 11.1 Å². The Hall–Kier alpha value is -1.56. The molecular formula is C23H30. The second-order valence-electron chi connectivity index (χ2n) is 7.67. The van der Waals surface area contributed by atoms with Crippen LogP contribution in [0.25, 0.3) is 11.1 Å². The molecule has 2 aromatic carbocycles. The molecule has 122 valence electrons. The van der Waals surface area contributed by atoms with Gasteiger partial charge in [-0.05, 0) is 60.6 Å². The third-order valence-electron chi connectivity index (χ3n) is 5.82. The van der Waals surface area contributed by atoms with E-state index in [4.69, 9.17) is 0 Å². The lowest BCUT2D eigenvalue weighted by atomic mass is 9.75. The summed E-state index contributed by atoms with van der Waals surface area (Å²) >= 11 is 0. The van der Waals surface area contributed by atoms with Crippen molar-refractivity contribution in [3.63, 3.8) is 0 Å². The summed E-state index contributed by atoms with van der Waals surface area (Å²) in [4.78, 5) is 0. The fourth-order valence-electron chi connectivity index (χ4n) is 4.18. The van der Waals surface area contributed by atoms with Crippen LogP contribution in [0.3, 0.4) is 0 Å².